The average Bonchev–Trinajstić information content (AvgIpc) is 3.03. The lowest BCUT2D eigenvalue weighted by Gasteiger charge is -2.11. The number of nitrogen functional groups attached to an aromatic ring is 1. The molecule has 2 heterocycles. The molecule has 4 rings (SSSR count). The fourth-order valence-electron chi connectivity index (χ4n) is 3.28. The Morgan fingerprint density at radius 1 is 1.00 bits per heavy atom. The van der Waals surface area contributed by atoms with Crippen LogP contribution in [0, 0.1) is 0 Å². The summed E-state index contributed by atoms with van der Waals surface area (Å²) in [6.07, 6.45) is 0. The van der Waals surface area contributed by atoms with Crippen LogP contribution in [0.4, 0.5) is 5.95 Å². The summed E-state index contributed by atoms with van der Waals surface area (Å²) < 4.78 is 5.00. The summed E-state index contributed by atoms with van der Waals surface area (Å²) in [6, 6.07) is 14.8. The van der Waals surface area contributed by atoms with Crippen molar-refractivity contribution in [3.05, 3.63) is 90.0 Å². The van der Waals surface area contributed by atoms with Crippen molar-refractivity contribution in [3.63, 3.8) is 0 Å². The van der Waals surface area contributed by atoms with Crippen molar-refractivity contribution >= 4 is 44.6 Å². The number of benzene rings is 2. The van der Waals surface area contributed by atoms with Crippen LogP contribution in [0.25, 0.3) is 11.2 Å². The molecular formula is C20H17BrClN5O2. The maximum Gasteiger partial charge on any atom is 0.332 e. The van der Waals surface area contributed by atoms with Gasteiger partial charge in [-0.15, -0.1) is 0 Å². The Balaban J connectivity index is 1.93. The van der Waals surface area contributed by atoms with E-state index in [1.807, 2.05) is 30.3 Å². The number of anilines is 1. The SMILES string of the molecule is Cn1c(=O)n(Cc2ccccc2Cl)c(=O)c2c1nc(N)n2Cc1ccccc1Br. The van der Waals surface area contributed by atoms with Crippen molar-refractivity contribution in [2.75, 3.05) is 5.73 Å². The molecule has 2 N–H and O–H groups in total. The first-order valence-electron chi connectivity index (χ1n) is 8.81. The van der Waals surface area contributed by atoms with Crippen LogP contribution in [-0.4, -0.2) is 18.7 Å². The van der Waals surface area contributed by atoms with Gasteiger partial charge in [0, 0.05) is 16.5 Å². The van der Waals surface area contributed by atoms with E-state index in [1.165, 1.54) is 4.57 Å². The first kappa shape index (κ1) is 19.5. The van der Waals surface area contributed by atoms with E-state index >= 15 is 0 Å². The summed E-state index contributed by atoms with van der Waals surface area (Å²) >= 11 is 9.74. The molecule has 0 saturated heterocycles. The lowest BCUT2D eigenvalue weighted by Crippen LogP contribution is -2.40. The van der Waals surface area contributed by atoms with Crippen LogP contribution in [-0.2, 0) is 20.1 Å². The van der Waals surface area contributed by atoms with E-state index in [-0.39, 0.29) is 23.7 Å². The van der Waals surface area contributed by atoms with Gasteiger partial charge in [0.1, 0.15) is 0 Å². The molecule has 0 aliphatic rings. The van der Waals surface area contributed by atoms with Gasteiger partial charge in [0.15, 0.2) is 11.2 Å². The average molecular weight is 475 g/mol. The fourth-order valence-corrected chi connectivity index (χ4v) is 3.89. The van der Waals surface area contributed by atoms with Crippen molar-refractivity contribution in [1.29, 1.82) is 0 Å². The Morgan fingerprint density at radius 2 is 1.62 bits per heavy atom. The van der Waals surface area contributed by atoms with Crippen LogP contribution in [0.2, 0.25) is 5.02 Å². The summed E-state index contributed by atoms with van der Waals surface area (Å²) in [5, 5.41) is 0.489. The van der Waals surface area contributed by atoms with Crippen LogP contribution in [0.5, 0.6) is 0 Å². The molecule has 148 valence electrons. The molecule has 0 spiro atoms. The summed E-state index contributed by atoms with van der Waals surface area (Å²) in [5.74, 6) is 0.165. The zero-order valence-electron chi connectivity index (χ0n) is 15.5. The third-order valence-corrected chi connectivity index (χ3v) is 5.98. The predicted octanol–water partition coefficient (Wildman–Crippen LogP) is 2.99. The standard InChI is InChI=1S/C20H17BrClN5O2/c1-25-17-16(26(19(23)24-17)10-12-6-2-4-8-14(12)21)18(28)27(20(25)29)11-13-7-3-5-9-15(13)22/h2-9H,10-11H2,1H3,(H2,23,24). The zero-order chi connectivity index (χ0) is 20.7. The number of halogens is 2. The molecule has 0 aliphatic carbocycles. The number of hydrogen-bond acceptors (Lipinski definition) is 4. The molecule has 4 aromatic rings. The lowest BCUT2D eigenvalue weighted by atomic mass is 10.2. The molecule has 0 saturated carbocycles. The largest absolute Gasteiger partial charge is 0.369 e. The van der Waals surface area contributed by atoms with Crippen molar-refractivity contribution in [2.24, 2.45) is 7.05 Å². The van der Waals surface area contributed by atoms with Gasteiger partial charge in [-0.3, -0.25) is 13.9 Å². The van der Waals surface area contributed by atoms with Gasteiger partial charge >= 0.3 is 5.69 Å². The summed E-state index contributed by atoms with van der Waals surface area (Å²) in [7, 11) is 1.57. The Kier molecular flexibility index (Phi) is 5.06. The molecule has 0 fully saturated rings. The molecule has 7 nitrogen and oxygen atoms in total. The van der Waals surface area contributed by atoms with Gasteiger partial charge in [0.25, 0.3) is 5.56 Å². The maximum atomic E-state index is 13.3. The highest BCUT2D eigenvalue weighted by molar-refractivity contribution is 9.10. The number of nitrogens with zero attached hydrogens (tertiary/aromatic N) is 4. The Bertz CT molecular complexity index is 1360. The van der Waals surface area contributed by atoms with Gasteiger partial charge in [-0.05, 0) is 23.3 Å². The molecule has 0 aliphatic heterocycles. The van der Waals surface area contributed by atoms with E-state index < -0.39 is 11.2 Å². The van der Waals surface area contributed by atoms with Crippen LogP contribution < -0.4 is 17.0 Å². The third-order valence-electron chi connectivity index (χ3n) is 4.83. The number of aryl methyl sites for hydroxylation is 1. The first-order chi connectivity index (χ1) is 13.9. The second kappa shape index (κ2) is 7.53. The van der Waals surface area contributed by atoms with Gasteiger partial charge in [-0.2, -0.15) is 4.98 Å². The highest BCUT2D eigenvalue weighted by Gasteiger charge is 2.20. The van der Waals surface area contributed by atoms with Crippen LogP contribution in [0.15, 0.2) is 62.6 Å². The highest BCUT2D eigenvalue weighted by Crippen LogP contribution is 2.21. The smallest absolute Gasteiger partial charge is 0.332 e. The molecule has 0 atom stereocenters. The van der Waals surface area contributed by atoms with Crippen LogP contribution in [0.3, 0.4) is 0 Å². The molecule has 0 radical (unpaired) electrons. The zero-order valence-corrected chi connectivity index (χ0v) is 17.8. The normalized spacial score (nSPS) is 11.3. The van der Waals surface area contributed by atoms with Crippen molar-refractivity contribution < 1.29 is 0 Å². The number of aromatic nitrogens is 4. The molecule has 2 aromatic carbocycles. The molecule has 0 bridgehead atoms. The van der Waals surface area contributed by atoms with Crippen LogP contribution in [0.1, 0.15) is 11.1 Å². The lowest BCUT2D eigenvalue weighted by molar-refractivity contribution is 0.653. The maximum absolute atomic E-state index is 13.3. The molecule has 0 unspecified atom stereocenters. The van der Waals surface area contributed by atoms with E-state index in [0.29, 0.717) is 17.1 Å². The van der Waals surface area contributed by atoms with E-state index in [4.69, 9.17) is 17.3 Å². The Hall–Kier alpha value is -2.84. The van der Waals surface area contributed by atoms with Crippen molar-refractivity contribution in [3.8, 4) is 0 Å². The minimum absolute atomic E-state index is 0.0568. The second-order valence-corrected chi connectivity index (χ2v) is 7.91. The number of nitrogens with two attached hydrogens (primary N) is 1. The van der Waals surface area contributed by atoms with Crippen molar-refractivity contribution in [2.45, 2.75) is 13.1 Å². The van der Waals surface area contributed by atoms with E-state index in [0.717, 1.165) is 14.6 Å². The highest BCUT2D eigenvalue weighted by atomic mass is 79.9. The molecule has 0 amide bonds. The Labute approximate surface area is 179 Å². The molecule has 9 heteroatoms. The minimum Gasteiger partial charge on any atom is -0.369 e. The number of hydrogen-bond donors (Lipinski definition) is 1. The number of fused-ring (bicyclic) bond motifs is 1. The van der Waals surface area contributed by atoms with E-state index in [1.54, 1.807) is 29.8 Å². The summed E-state index contributed by atoms with van der Waals surface area (Å²) in [6.45, 7) is 0.393. The quantitative estimate of drug-likeness (QED) is 0.492. The minimum atomic E-state index is -0.479. The molecule has 2 aromatic heterocycles. The number of imidazole rings is 1. The van der Waals surface area contributed by atoms with Crippen LogP contribution >= 0.6 is 27.5 Å². The van der Waals surface area contributed by atoms with E-state index in [2.05, 4.69) is 20.9 Å². The number of rotatable bonds is 4. The van der Waals surface area contributed by atoms with Gasteiger partial charge < -0.3 is 10.3 Å². The van der Waals surface area contributed by atoms with Gasteiger partial charge in [0.2, 0.25) is 5.95 Å². The third kappa shape index (κ3) is 3.38. The summed E-state index contributed by atoms with van der Waals surface area (Å²) in [5.41, 5.74) is 7.31. The molecule has 29 heavy (non-hydrogen) atoms. The van der Waals surface area contributed by atoms with Gasteiger partial charge in [0.05, 0.1) is 13.1 Å². The monoisotopic (exact) mass is 473 g/mol. The second-order valence-electron chi connectivity index (χ2n) is 6.64. The van der Waals surface area contributed by atoms with Crippen molar-refractivity contribution in [1.82, 2.24) is 18.7 Å². The fraction of sp³-hybridized carbons (Fsp3) is 0.150. The predicted molar refractivity (Wildman–Crippen MR) is 117 cm³/mol. The van der Waals surface area contributed by atoms with Gasteiger partial charge in [-0.25, -0.2) is 4.79 Å². The van der Waals surface area contributed by atoms with Gasteiger partial charge in [-0.1, -0.05) is 63.9 Å². The topological polar surface area (TPSA) is 87.8 Å². The Morgan fingerprint density at radius 3 is 2.31 bits per heavy atom. The first-order valence-corrected chi connectivity index (χ1v) is 9.98. The molecular weight excluding hydrogens is 458 g/mol. The summed E-state index contributed by atoms with van der Waals surface area (Å²) in [4.78, 5) is 30.4. The van der Waals surface area contributed by atoms with E-state index in [9.17, 15) is 9.59 Å².